The molecular weight excluding hydrogens is 376 g/mol. The molecule has 1 aromatic carbocycles. The first-order valence-corrected chi connectivity index (χ1v) is 11.8. The summed E-state index contributed by atoms with van der Waals surface area (Å²) in [5, 5.41) is 3.16. The maximum atomic E-state index is 13.5. The molecule has 30 heavy (non-hydrogen) atoms. The van der Waals surface area contributed by atoms with Crippen LogP contribution in [0.2, 0.25) is 0 Å². The second kappa shape index (κ2) is 10.3. The van der Waals surface area contributed by atoms with E-state index in [1.165, 1.54) is 0 Å². The second-order valence-corrected chi connectivity index (χ2v) is 9.25. The molecule has 2 amide bonds. The number of benzene rings is 1. The first kappa shape index (κ1) is 22.6. The lowest BCUT2D eigenvalue weighted by Gasteiger charge is -2.53. The van der Waals surface area contributed by atoms with Gasteiger partial charge in [0.1, 0.15) is 6.61 Å². The van der Waals surface area contributed by atoms with Crippen LogP contribution in [0.5, 0.6) is 0 Å². The van der Waals surface area contributed by atoms with Gasteiger partial charge >= 0.3 is 6.09 Å². The fourth-order valence-electron chi connectivity index (χ4n) is 5.02. The van der Waals surface area contributed by atoms with Crippen molar-refractivity contribution in [1.29, 1.82) is 0 Å². The molecule has 0 heterocycles. The third kappa shape index (κ3) is 5.35. The quantitative estimate of drug-likeness (QED) is 0.555. The molecular formula is C25H38N2O3. The van der Waals surface area contributed by atoms with Gasteiger partial charge < -0.3 is 15.0 Å². The topological polar surface area (TPSA) is 58.6 Å². The van der Waals surface area contributed by atoms with Crippen LogP contribution in [0.4, 0.5) is 4.79 Å². The molecule has 3 fully saturated rings. The number of hydrogen-bond acceptors (Lipinski definition) is 3. The molecule has 0 saturated heterocycles. The monoisotopic (exact) mass is 414 g/mol. The summed E-state index contributed by atoms with van der Waals surface area (Å²) in [7, 11) is 0. The molecule has 3 aliphatic carbocycles. The number of alkyl carbamates (subject to hydrolysis) is 1. The number of carbonyl (C=O) groups excluding carboxylic acids is 2. The van der Waals surface area contributed by atoms with Gasteiger partial charge in [-0.25, -0.2) is 4.79 Å². The van der Waals surface area contributed by atoms with Crippen molar-refractivity contribution in [1.82, 2.24) is 10.2 Å². The van der Waals surface area contributed by atoms with Crippen LogP contribution in [0.25, 0.3) is 0 Å². The van der Waals surface area contributed by atoms with Crippen LogP contribution in [-0.4, -0.2) is 35.5 Å². The normalized spacial score (nSPS) is 25.0. The molecule has 1 N–H and O–H groups in total. The van der Waals surface area contributed by atoms with Gasteiger partial charge in [-0.2, -0.15) is 0 Å². The van der Waals surface area contributed by atoms with Gasteiger partial charge in [-0.05, 0) is 56.9 Å². The van der Waals surface area contributed by atoms with E-state index in [9.17, 15) is 9.59 Å². The third-order valence-electron chi connectivity index (χ3n) is 7.13. The second-order valence-electron chi connectivity index (χ2n) is 9.25. The summed E-state index contributed by atoms with van der Waals surface area (Å²) in [5.74, 6) is 0.365. The highest BCUT2D eigenvalue weighted by atomic mass is 16.5. The zero-order valence-electron chi connectivity index (χ0n) is 18.8. The summed E-state index contributed by atoms with van der Waals surface area (Å²) in [6.07, 6.45) is 9.26. The van der Waals surface area contributed by atoms with Gasteiger partial charge in [0.15, 0.2) is 0 Å². The van der Waals surface area contributed by atoms with Crippen LogP contribution < -0.4 is 5.32 Å². The molecule has 166 valence electrons. The van der Waals surface area contributed by atoms with Crippen molar-refractivity contribution in [2.24, 2.45) is 5.41 Å². The van der Waals surface area contributed by atoms with E-state index in [1.807, 2.05) is 30.3 Å². The van der Waals surface area contributed by atoms with Crippen molar-refractivity contribution in [2.75, 3.05) is 13.1 Å². The molecule has 2 bridgehead atoms. The largest absolute Gasteiger partial charge is 0.445 e. The summed E-state index contributed by atoms with van der Waals surface area (Å²) in [6, 6.07) is 9.74. The average molecular weight is 415 g/mol. The van der Waals surface area contributed by atoms with Crippen molar-refractivity contribution in [3.05, 3.63) is 35.9 Å². The Morgan fingerprint density at radius 3 is 2.03 bits per heavy atom. The average Bonchev–Trinajstić information content (AvgIpc) is 2.79. The third-order valence-corrected chi connectivity index (χ3v) is 7.13. The highest BCUT2D eigenvalue weighted by Gasteiger charge is 2.54. The number of nitrogens with zero attached hydrogens (tertiary/aromatic N) is 1. The van der Waals surface area contributed by atoms with Crippen LogP contribution in [-0.2, 0) is 16.1 Å². The minimum absolute atomic E-state index is 0.201. The van der Waals surface area contributed by atoms with Gasteiger partial charge in [0, 0.05) is 24.0 Å². The summed E-state index contributed by atoms with van der Waals surface area (Å²) >= 11 is 0. The molecule has 0 atom stereocenters. The number of hydrogen-bond donors (Lipinski definition) is 1. The molecule has 0 aliphatic heterocycles. The van der Waals surface area contributed by atoms with E-state index >= 15 is 0 Å². The molecule has 5 heteroatoms. The minimum atomic E-state index is -0.341. The molecule has 0 spiro atoms. The predicted molar refractivity (Wildman–Crippen MR) is 119 cm³/mol. The summed E-state index contributed by atoms with van der Waals surface area (Å²) in [5.41, 5.74) is 0.577. The highest BCUT2D eigenvalue weighted by Crippen LogP contribution is 2.53. The molecule has 1 aromatic rings. The van der Waals surface area contributed by atoms with Crippen LogP contribution in [0.1, 0.15) is 83.6 Å². The van der Waals surface area contributed by atoms with Crippen LogP contribution in [0.3, 0.4) is 0 Å². The van der Waals surface area contributed by atoms with Gasteiger partial charge in [0.05, 0.1) is 0 Å². The summed E-state index contributed by atoms with van der Waals surface area (Å²) < 4.78 is 5.45. The molecule has 0 unspecified atom stereocenters. The number of ether oxygens (including phenoxy) is 1. The van der Waals surface area contributed by atoms with Crippen molar-refractivity contribution in [3.8, 4) is 0 Å². The summed E-state index contributed by atoms with van der Waals surface area (Å²) in [4.78, 5) is 28.0. The Kier molecular flexibility index (Phi) is 7.79. The lowest BCUT2D eigenvalue weighted by atomic mass is 9.56. The van der Waals surface area contributed by atoms with Crippen molar-refractivity contribution in [2.45, 2.75) is 90.2 Å². The zero-order valence-corrected chi connectivity index (χ0v) is 18.8. The predicted octanol–water partition coefficient (Wildman–Crippen LogP) is 5.43. The number of fused-ring (bicyclic) bond motifs is 3. The highest BCUT2D eigenvalue weighted by molar-refractivity contribution is 5.83. The van der Waals surface area contributed by atoms with Gasteiger partial charge in [0.2, 0.25) is 5.91 Å². The smallest absolute Gasteiger partial charge is 0.407 e. The van der Waals surface area contributed by atoms with Crippen molar-refractivity contribution < 1.29 is 14.3 Å². The fourth-order valence-corrected chi connectivity index (χ4v) is 5.02. The molecule has 3 saturated carbocycles. The Morgan fingerprint density at radius 1 is 0.933 bits per heavy atom. The first-order valence-electron chi connectivity index (χ1n) is 11.8. The SMILES string of the molecule is CCCCN(CCCC)C(=O)C12CCC(NC(=O)OCc3ccccc3)(CC1)CC2. The molecule has 5 nitrogen and oxygen atoms in total. The lowest BCUT2D eigenvalue weighted by Crippen LogP contribution is -2.60. The Bertz CT molecular complexity index is 671. The Hall–Kier alpha value is -2.04. The Morgan fingerprint density at radius 2 is 1.50 bits per heavy atom. The van der Waals surface area contributed by atoms with Gasteiger partial charge in [-0.15, -0.1) is 0 Å². The molecule has 3 aliphatic rings. The number of amides is 2. The molecule has 0 radical (unpaired) electrons. The van der Waals surface area contributed by atoms with E-state index < -0.39 is 0 Å². The lowest BCUT2D eigenvalue weighted by molar-refractivity contribution is -0.149. The number of carbonyl (C=O) groups is 2. The molecule has 4 rings (SSSR count). The Balaban J connectivity index is 1.54. The van der Waals surface area contributed by atoms with Crippen molar-refractivity contribution in [3.63, 3.8) is 0 Å². The van der Waals surface area contributed by atoms with E-state index in [2.05, 4.69) is 24.1 Å². The minimum Gasteiger partial charge on any atom is -0.445 e. The van der Waals surface area contributed by atoms with Gasteiger partial charge in [-0.3, -0.25) is 4.79 Å². The van der Waals surface area contributed by atoms with E-state index in [-0.39, 0.29) is 23.7 Å². The maximum Gasteiger partial charge on any atom is 0.407 e. The zero-order chi connectivity index (χ0) is 21.5. The van der Waals surface area contributed by atoms with Gasteiger partial charge in [0.25, 0.3) is 0 Å². The van der Waals surface area contributed by atoms with Crippen molar-refractivity contribution >= 4 is 12.0 Å². The number of nitrogens with one attached hydrogen (secondary N) is 1. The first-order chi connectivity index (χ1) is 14.5. The fraction of sp³-hybridized carbons (Fsp3) is 0.680. The molecule has 0 aromatic heterocycles. The maximum absolute atomic E-state index is 13.5. The van der Waals surface area contributed by atoms with Crippen LogP contribution in [0.15, 0.2) is 30.3 Å². The van der Waals surface area contributed by atoms with Crippen LogP contribution >= 0.6 is 0 Å². The van der Waals surface area contributed by atoms with Gasteiger partial charge in [-0.1, -0.05) is 57.0 Å². The number of rotatable bonds is 10. The van der Waals surface area contributed by atoms with E-state index in [0.717, 1.165) is 82.9 Å². The van der Waals surface area contributed by atoms with E-state index in [0.29, 0.717) is 5.91 Å². The standard InChI is InChI=1S/C25H38N2O3/c1-3-5-18-27(19-6-4-2)22(28)24-12-15-25(16-13-24,17-14-24)26-23(29)30-20-21-10-8-7-9-11-21/h7-11H,3-6,12-20H2,1-2H3,(H,26,29). The van der Waals surface area contributed by atoms with E-state index in [1.54, 1.807) is 0 Å². The van der Waals surface area contributed by atoms with Crippen LogP contribution in [0, 0.1) is 5.41 Å². The summed E-state index contributed by atoms with van der Waals surface area (Å²) in [6.45, 7) is 6.41. The Labute approximate surface area is 181 Å². The number of unbranched alkanes of at least 4 members (excludes halogenated alkanes) is 2. The van der Waals surface area contributed by atoms with E-state index in [4.69, 9.17) is 4.74 Å².